The van der Waals surface area contributed by atoms with Crippen molar-refractivity contribution in [1.82, 2.24) is 0 Å². The molecule has 0 aliphatic carbocycles. The van der Waals surface area contributed by atoms with Gasteiger partial charge in [-0.2, -0.15) is 0 Å². The monoisotopic (exact) mass is 1220 g/mol. The minimum absolute atomic E-state index is 0.252. The van der Waals surface area contributed by atoms with Crippen LogP contribution in [0.2, 0.25) is 0 Å². The fourth-order valence-electron chi connectivity index (χ4n) is 11.3. The molecule has 8 rings (SSSR count). The molecule has 8 aromatic rings. The molecule has 2 aromatic carbocycles. The Balaban J connectivity index is 0.575. The van der Waals surface area contributed by atoms with Crippen LogP contribution in [0.3, 0.4) is 0 Å². The van der Waals surface area contributed by atoms with E-state index in [0.717, 1.165) is 60.6 Å². The van der Waals surface area contributed by atoms with E-state index in [9.17, 15) is 40.5 Å². The minimum Gasteiger partial charge on any atom is -0.373 e. The molecule has 20 heteroatoms. The highest BCUT2D eigenvalue weighted by Crippen LogP contribution is 2.30. The Morgan fingerprint density at radius 1 is 0.256 bits per heavy atom. The lowest BCUT2D eigenvalue weighted by Gasteiger charge is -2.06. The summed E-state index contributed by atoms with van der Waals surface area (Å²) in [6.07, 6.45) is 51.0. The first-order chi connectivity index (χ1) is 43.9. The van der Waals surface area contributed by atoms with E-state index in [1.807, 2.05) is 33.9 Å². The maximum atomic E-state index is 11.4. The van der Waals surface area contributed by atoms with Crippen molar-refractivity contribution in [1.29, 1.82) is 0 Å². The minimum atomic E-state index is -0.639. The molecule has 20 nitrogen and oxygen atoms in total. The van der Waals surface area contributed by atoms with Crippen molar-refractivity contribution in [3.05, 3.63) is 224 Å². The number of nitro groups is 4. The van der Waals surface area contributed by atoms with E-state index in [0.29, 0.717) is 26.2 Å². The summed E-state index contributed by atoms with van der Waals surface area (Å²) in [5.74, 6) is 0. The van der Waals surface area contributed by atoms with Crippen molar-refractivity contribution in [3.8, 4) is 33.4 Å². The van der Waals surface area contributed by atoms with E-state index in [4.69, 9.17) is 0 Å². The molecule has 0 saturated heterocycles. The van der Waals surface area contributed by atoms with Crippen LogP contribution in [0.25, 0.3) is 33.4 Å². The Kier molecular flexibility index (Phi) is 26.7. The van der Waals surface area contributed by atoms with Crippen LogP contribution in [-0.4, -0.2) is 32.8 Å². The van der Waals surface area contributed by atoms with Gasteiger partial charge in [-0.1, -0.05) is 77.0 Å². The van der Waals surface area contributed by atoms with Gasteiger partial charge in [-0.25, -0.2) is 27.4 Å². The summed E-state index contributed by atoms with van der Waals surface area (Å²) in [6, 6.07) is 33.0. The molecule has 2 N–H and O–H groups in total. The first-order valence-electron chi connectivity index (χ1n) is 32.2. The standard InChI is InChI=1S/C70H88N12O8/c83-79(84)65-21-23-67(69(57-65)81(87)88)71-37-55-77-51-33-63(34-52-77)61-29-47-75(48-30-61)41-19-15-11-7-3-1-5-9-13-17-39-73-43-25-59(26-44-73)60-27-45-74(46-28-60)40-18-14-10-6-2-4-8-12-16-20-42-76-49-31-62(32-50-76)64-35-53-78(54-36-64)56-38-72-68-24-22-66(80(85)86)58-70(68)82(89)90/h21-36,43-54,57-58,71-72H,1-20,37-42,55-56H2/q+6. The van der Waals surface area contributed by atoms with Crippen LogP contribution in [0.1, 0.15) is 128 Å². The van der Waals surface area contributed by atoms with Gasteiger partial charge in [-0.15, -0.1) is 0 Å². The molecule has 0 fully saturated rings. The number of nitro benzene ring substituents is 4. The summed E-state index contributed by atoms with van der Waals surface area (Å²) in [5, 5.41) is 51.0. The molecule has 0 spiro atoms. The van der Waals surface area contributed by atoms with Gasteiger partial charge in [-0.05, 0) is 71.2 Å². The van der Waals surface area contributed by atoms with Gasteiger partial charge in [0.2, 0.25) is 0 Å². The maximum absolute atomic E-state index is 11.4. The van der Waals surface area contributed by atoms with Crippen molar-refractivity contribution in [2.75, 3.05) is 23.7 Å². The topological polar surface area (TPSA) is 220 Å². The van der Waals surface area contributed by atoms with Gasteiger partial charge in [-0.3, -0.25) is 40.5 Å². The van der Waals surface area contributed by atoms with Gasteiger partial charge in [0.1, 0.15) is 37.6 Å². The molecule has 0 unspecified atom stereocenters. The van der Waals surface area contributed by atoms with Gasteiger partial charge in [0, 0.05) is 111 Å². The van der Waals surface area contributed by atoms with Crippen LogP contribution in [0.4, 0.5) is 34.1 Å². The number of non-ortho nitro benzene ring substituents is 2. The predicted octanol–water partition coefficient (Wildman–Crippen LogP) is 13.5. The number of aryl methyl sites for hydroxylation is 4. The third-order valence-electron chi connectivity index (χ3n) is 16.7. The van der Waals surface area contributed by atoms with Gasteiger partial charge < -0.3 is 10.6 Å². The molecule has 0 saturated carbocycles. The number of pyridine rings is 6. The zero-order valence-corrected chi connectivity index (χ0v) is 51.9. The number of nitrogens with one attached hydrogen (secondary N) is 2. The number of aromatic nitrogens is 6. The second-order valence-corrected chi connectivity index (χ2v) is 23.3. The van der Waals surface area contributed by atoms with Gasteiger partial charge in [0.05, 0.1) is 44.9 Å². The number of nitrogens with zero attached hydrogens (tertiary/aromatic N) is 10. The lowest BCUT2D eigenvalue weighted by molar-refractivity contribution is -0.697. The molecule has 470 valence electrons. The smallest absolute Gasteiger partial charge is 0.299 e. The van der Waals surface area contributed by atoms with Gasteiger partial charge >= 0.3 is 0 Å². The van der Waals surface area contributed by atoms with E-state index < -0.39 is 19.7 Å². The van der Waals surface area contributed by atoms with Crippen LogP contribution in [0.5, 0.6) is 0 Å². The van der Waals surface area contributed by atoms with E-state index in [2.05, 4.69) is 151 Å². The van der Waals surface area contributed by atoms with Crippen molar-refractivity contribution >= 4 is 34.1 Å². The number of anilines is 2. The molecule has 0 aliphatic rings. The summed E-state index contributed by atoms with van der Waals surface area (Å²) < 4.78 is 13.1. The summed E-state index contributed by atoms with van der Waals surface area (Å²) in [6.45, 7) is 6.13. The lowest BCUT2D eigenvalue weighted by atomic mass is 10.1. The molecule has 6 heterocycles. The van der Waals surface area contributed by atoms with Crippen molar-refractivity contribution in [2.45, 2.75) is 168 Å². The Morgan fingerprint density at radius 2 is 0.456 bits per heavy atom. The van der Waals surface area contributed by atoms with Crippen molar-refractivity contribution in [3.63, 3.8) is 0 Å². The molecular formula is C70H88N12O8+6. The Bertz CT molecular complexity index is 3290. The predicted molar refractivity (Wildman–Crippen MR) is 346 cm³/mol. The molecule has 0 aliphatic heterocycles. The molecule has 0 bridgehead atoms. The highest BCUT2D eigenvalue weighted by Gasteiger charge is 2.21. The SMILES string of the molecule is O=[N+]([O-])c1ccc(NCC[n+]2ccc(-c3cc[n+](CCCCCCCCCCCC[n+]4ccc(-c5cc[n+](CCCCCCCCCCCC[n+]6ccc(-c7cc[n+](CCNc8ccc([N+](=O)[O-])cc8[N+](=O)[O-])cc7)cc6)cc5)cc4)cc3)cc2)c([N+](=O)[O-])c1. The second-order valence-electron chi connectivity index (χ2n) is 23.3. The third kappa shape index (κ3) is 22.0. The summed E-state index contributed by atoms with van der Waals surface area (Å²) in [7, 11) is 0. The van der Waals surface area contributed by atoms with E-state index in [-0.39, 0.29) is 34.1 Å². The molecule has 0 amide bonds. The molecule has 0 atom stereocenters. The number of benzene rings is 2. The fourth-order valence-corrected chi connectivity index (χ4v) is 11.3. The van der Waals surface area contributed by atoms with E-state index in [1.165, 1.54) is 164 Å². The van der Waals surface area contributed by atoms with Gasteiger partial charge in [0.15, 0.2) is 87.5 Å². The normalized spacial score (nSPS) is 11.2. The highest BCUT2D eigenvalue weighted by atomic mass is 16.6. The maximum Gasteiger partial charge on any atom is 0.299 e. The highest BCUT2D eigenvalue weighted by molar-refractivity contribution is 5.67. The second kappa shape index (κ2) is 36.1. The first kappa shape index (κ1) is 66.5. The van der Waals surface area contributed by atoms with Crippen LogP contribution in [0.15, 0.2) is 184 Å². The zero-order chi connectivity index (χ0) is 63.1. The van der Waals surface area contributed by atoms with Crippen LogP contribution in [-0.2, 0) is 39.3 Å². The number of hydrogen-bond acceptors (Lipinski definition) is 10. The number of rotatable bonds is 41. The Hall–Kier alpha value is -9.46. The van der Waals surface area contributed by atoms with E-state index in [1.54, 1.807) is 0 Å². The van der Waals surface area contributed by atoms with Crippen LogP contribution < -0.4 is 38.0 Å². The third-order valence-corrected chi connectivity index (χ3v) is 16.7. The summed E-state index contributed by atoms with van der Waals surface area (Å²) in [5.41, 5.74) is 6.27. The quantitative estimate of drug-likeness (QED) is 0.0160. The number of unbranched alkanes of at least 4 members (excludes halogenated alkanes) is 18. The molecular weight excluding hydrogens is 1140 g/mol. The lowest BCUT2D eigenvalue weighted by Crippen LogP contribution is -2.36. The Morgan fingerprint density at radius 3 is 0.656 bits per heavy atom. The number of hydrogen-bond donors (Lipinski definition) is 2. The average Bonchev–Trinajstić information content (AvgIpc) is 3.51. The van der Waals surface area contributed by atoms with Crippen LogP contribution >= 0.6 is 0 Å². The molecule has 90 heavy (non-hydrogen) atoms. The van der Waals surface area contributed by atoms with Crippen molar-refractivity contribution in [2.24, 2.45) is 0 Å². The van der Waals surface area contributed by atoms with E-state index >= 15 is 0 Å². The fraction of sp³-hybridized carbons (Fsp3) is 0.400. The van der Waals surface area contributed by atoms with Gasteiger partial charge in [0.25, 0.3) is 22.7 Å². The largest absolute Gasteiger partial charge is 0.373 e. The zero-order valence-electron chi connectivity index (χ0n) is 51.9. The first-order valence-corrected chi connectivity index (χ1v) is 32.2. The molecule has 0 radical (unpaired) electrons. The average molecular weight is 1230 g/mol. The Labute approximate surface area is 527 Å². The van der Waals surface area contributed by atoms with Crippen molar-refractivity contribution < 1.29 is 47.1 Å². The summed E-state index contributed by atoms with van der Waals surface area (Å²) >= 11 is 0. The van der Waals surface area contributed by atoms with Crippen LogP contribution in [0, 0.1) is 40.5 Å². The molecule has 6 aromatic heterocycles. The summed E-state index contributed by atoms with van der Waals surface area (Å²) in [4.78, 5) is 42.4.